The van der Waals surface area contributed by atoms with Crippen LogP contribution in [0.4, 0.5) is 5.69 Å². The Morgan fingerprint density at radius 2 is 2.21 bits per heavy atom. The zero-order valence-corrected chi connectivity index (χ0v) is 11.0. The Morgan fingerprint density at radius 3 is 2.89 bits per heavy atom. The van der Waals surface area contributed by atoms with Crippen LogP contribution in [-0.4, -0.2) is 42.0 Å². The normalized spacial score (nSPS) is 21.2. The first-order valence-electron chi connectivity index (χ1n) is 6.03. The van der Waals surface area contributed by atoms with Crippen LogP contribution in [0, 0.1) is 0 Å². The van der Waals surface area contributed by atoms with Gasteiger partial charge in [-0.3, -0.25) is 0 Å². The number of β-amino-alcohol motifs (C(OH)–C–C–N with tert-alkyl or cyclic N) is 1. The van der Waals surface area contributed by atoms with Gasteiger partial charge in [0.1, 0.15) is 4.90 Å². The number of fused-ring (bicyclic) bond motifs is 1. The third-order valence-electron chi connectivity index (χ3n) is 3.41. The van der Waals surface area contributed by atoms with Gasteiger partial charge in [0, 0.05) is 35.9 Å². The van der Waals surface area contributed by atoms with Crippen molar-refractivity contribution in [2.75, 3.05) is 18.8 Å². The fraction of sp³-hybridized carbons (Fsp3) is 0.333. The first-order chi connectivity index (χ1) is 8.98. The van der Waals surface area contributed by atoms with Gasteiger partial charge in [-0.05, 0) is 24.6 Å². The van der Waals surface area contributed by atoms with Crippen molar-refractivity contribution in [3.63, 3.8) is 0 Å². The van der Waals surface area contributed by atoms with Gasteiger partial charge in [0.05, 0.1) is 6.10 Å². The molecule has 1 aliphatic heterocycles. The van der Waals surface area contributed by atoms with Crippen molar-refractivity contribution in [3.8, 4) is 0 Å². The highest BCUT2D eigenvalue weighted by Crippen LogP contribution is 2.29. The highest BCUT2D eigenvalue weighted by Gasteiger charge is 2.33. The summed E-state index contributed by atoms with van der Waals surface area (Å²) in [4.78, 5) is 3.14. The van der Waals surface area contributed by atoms with E-state index in [0.29, 0.717) is 24.0 Å². The van der Waals surface area contributed by atoms with Crippen molar-refractivity contribution in [2.24, 2.45) is 0 Å². The van der Waals surface area contributed by atoms with E-state index in [1.54, 1.807) is 18.2 Å². The molecule has 3 rings (SSSR count). The number of aromatic amines is 1. The van der Waals surface area contributed by atoms with E-state index in [9.17, 15) is 13.5 Å². The smallest absolute Gasteiger partial charge is 0.245 e. The topological polar surface area (TPSA) is 99.4 Å². The van der Waals surface area contributed by atoms with Crippen molar-refractivity contribution >= 4 is 26.6 Å². The van der Waals surface area contributed by atoms with Crippen LogP contribution >= 0.6 is 0 Å². The minimum absolute atomic E-state index is 0.150. The number of nitrogen functional groups attached to an aromatic ring is 1. The molecule has 19 heavy (non-hydrogen) atoms. The maximum Gasteiger partial charge on any atom is 0.245 e. The summed E-state index contributed by atoms with van der Waals surface area (Å²) in [6.45, 7) is 0.496. The van der Waals surface area contributed by atoms with Crippen LogP contribution in [0.15, 0.2) is 29.3 Å². The minimum Gasteiger partial charge on any atom is -0.399 e. The van der Waals surface area contributed by atoms with E-state index in [4.69, 9.17) is 5.73 Å². The fourth-order valence-electron chi connectivity index (χ4n) is 2.39. The summed E-state index contributed by atoms with van der Waals surface area (Å²) in [6.07, 6.45) is 1.37. The van der Waals surface area contributed by atoms with Gasteiger partial charge in [-0.1, -0.05) is 0 Å². The van der Waals surface area contributed by atoms with Crippen LogP contribution in [0.5, 0.6) is 0 Å². The molecule has 2 aromatic rings. The second-order valence-electron chi connectivity index (χ2n) is 4.76. The molecule has 102 valence electrons. The second-order valence-corrected chi connectivity index (χ2v) is 6.67. The average molecular weight is 281 g/mol. The first kappa shape index (κ1) is 12.5. The minimum atomic E-state index is -3.59. The summed E-state index contributed by atoms with van der Waals surface area (Å²) in [7, 11) is -3.59. The summed E-state index contributed by atoms with van der Waals surface area (Å²) in [5.74, 6) is 0. The molecule has 0 radical (unpaired) electrons. The molecule has 1 aliphatic rings. The van der Waals surface area contributed by atoms with E-state index >= 15 is 0 Å². The predicted octanol–water partition coefficient (Wildman–Crippen LogP) is 0.505. The first-order valence-corrected chi connectivity index (χ1v) is 7.47. The fourth-order valence-corrected chi connectivity index (χ4v) is 4.04. The van der Waals surface area contributed by atoms with Crippen LogP contribution in [0.3, 0.4) is 0 Å². The standard InChI is InChI=1S/C12H15N3O3S/c13-8-1-2-11-10(5-8)12(6-14-11)19(17,18)15-4-3-9(16)7-15/h1-2,5-6,9,14,16H,3-4,7,13H2/t9-/m0/s1. The van der Waals surface area contributed by atoms with Crippen molar-refractivity contribution < 1.29 is 13.5 Å². The largest absolute Gasteiger partial charge is 0.399 e. The molecule has 0 spiro atoms. The Morgan fingerprint density at radius 1 is 1.42 bits per heavy atom. The summed E-state index contributed by atoms with van der Waals surface area (Å²) < 4.78 is 26.3. The lowest BCUT2D eigenvalue weighted by molar-refractivity contribution is 0.189. The molecule has 6 nitrogen and oxygen atoms in total. The lowest BCUT2D eigenvalue weighted by atomic mass is 10.2. The lowest BCUT2D eigenvalue weighted by Gasteiger charge is -2.14. The van der Waals surface area contributed by atoms with Gasteiger partial charge in [-0.25, -0.2) is 8.42 Å². The zero-order chi connectivity index (χ0) is 13.6. The van der Waals surface area contributed by atoms with Crippen molar-refractivity contribution in [1.29, 1.82) is 0 Å². The van der Waals surface area contributed by atoms with Crippen LogP contribution in [0.1, 0.15) is 6.42 Å². The Hall–Kier alpha value is -1.57. The molecule has 0 amide bonds. The number of nitrogens with two attached hydrogens (primary N) is 1. The maximum atomic E-state index is 12.5. The molecule has 1 fully saturated rings. The van der Waals surface area contributed by atoms with E-state index < -0.39 is 16.1 Å². The van der Waals surface area contributed by atoms with Gasteiger partial charge in [0.15, 0.2) is 0 Å². The molecule has 1 aromatic heterocycles. The number of benzene rings is 1. The molecule has 7 heteroatoms. The van der Waals surface area contributed by atoms with Crippen molar-refractivity contribution in [3.05, 3.63) is 24.4 Å². The van der Waals surface area contributed by atoms with Crippen molar-refractivity contribution in [1.82, 2.24) is 9.29 Å². The zero-order valence-electron chi connectivity index (χ0n) is 10.2. The lowest BCUT2D eigenvalue weighted by Crippen LogP contribution is -2.29. The van der Waals surface area contributed by atoms with E-state index in [2.05, 4.69) is 4.98 Å². The number of nitrogens with one attached hydrogen (secondary N) is 1. The van der Waals surface area contributed by atoms with Gasteiger partial charge in [-0.15, -0.1) is 0 Å². The van der Waals surface area contributed by atoms with Crippen LogP contribution in [-0.2, 0) is 10.0 Å². The number of H-pyrrole nitrogens is 1. The Kier molecular flexibility index (Phi) is 2.77. The third-order valence-corrected chi connectivity index (χ3v) is 5.32. The highest BCUT2D eigenvalue weighted by molar-refractivity contribution is 7.89. The average Bonchev–Trinajstić information content (AvgIpc) is 2.95. The predicted molar refractivity (Wildman–Crippen MR) is 72.1 cm³/mol. The summed E-state index contributed by atoms with van der Waals surface area (Å²) in [5, 5.41) is 10.1. The Bertz CT molecular complexity index is 723. The van der Waals surface area contributed by atoms with Crippen LogP contribution in [0.25, 0.3) is 10.9 Å². The van der Waals surface area contributed by atoms with Gasteiger partial charge >= 0.3 is 0 Å². The van der Waals surface area contributed by atoms with E-state index in [-0.39, 0.29) is 11.4 Å². The van der Waals surface area contributed by atoms with E-state index in [1.165, 1.54) is 10.5 Å². The molecule has 0 aliphatic carbocycles. The molecule has 2 heterocycles. The number of aliphatic hydroxyl groups excluding tert-OH is 1. The second kappa shape index (κ2) is 4.22. The molecular weight excluding hydrogens is 266 g/mol. The summed E-state index contributed by atoms with van der Waals surface area (Å²) >= 11 is 0. The molecule has 0 unspecified atom stereocenters. The SMILES string of the molecule is Nc1ccc2[nH]cc(S(=O)(=O)N3CC[C@H](O)C3)c2c1. The molecule has 0 bridgehead atoms. The van der Waals surface area contributed by atoms with Gasteiger partial charge in [0.2, 0.25) is 10.0 Å². The number of rotatable bonds is 2. The van der Waals surface area contributed by atoms with E-state index in [0.717, 1.165) is 5.52 Å². The molecular formula is C12H15N3O3S. The van der Waals surface area contributed by atoms with Gasteiger partial charge < -0.3 is 15.8 Å². The number of aliphatic hydroxyl groups is 1. The third kappa shape index (κ3) is 1.99. The van der Waals surface area contributed by atoms with Gasteiger partial charge in [-0.2, -0.15) is 4.31 Å². The molecule has 1 aromatic carbocycles. The van der Waals surface area contributed by atoms with Crippen LogP contribution in [0.2, 0.25) is 0 Å². The van der Waals surface area contributed by atoms with Gasteiger partial charge in [0.25, 0.3) is 0 Å². The number of aromatic nitrogens is 1. The van der Waals surface area contributed by atoms with Crippen LogP contribution < -0.4 is 5.73 Å². The number of anilines is 1. The monoisotopic (exact) mass is 281 g/mol. The Labute approximate surface area is 110 Å². The number of hydrogen-bond acceptors (Lipinski definition) is 4. The summed E-state index contributed by atoms with van der Waals surface area (Å²) in [6, 6.07) is 5.11. The summed E-state index contributed by atoms with van der Waals surface area (Å²) in [5.41, 5.74) is 6.96. The van der Waals surface area contributed by atoms with Crippen molar-refractivity contribution in [2.45, 2.75) is 17.4 Å². The number of nitrogens with zero attached hydrogens (tertiary/aromatic N) is 1. The molecule has 0 saturated carbocycles. The molecule has 1 saturated heterocycles. The quantitative estimate of drug-likeness (QED) is 0.698. The van der Waals surface area contributed by atoms with E-state index in [1.807, 2.05) is 0 Å². The number of sulfonamides is 1. The number of hydrogen-bond donors (Lipinski definition) is 3. The molecule has 4 N–H and O–H groups in total. The Balaban J connectivity index is 2.11. The highest BCUT2D eigenvalue weighted by atomic mass is 32.2. The maximum absolute atomic E-state index is 12.5. The molecule has 1 atom stereocenters.